The van der Waals surface area contributed by atoms with Crippen LogP contribution in [0.15, 0.2) is 18.7 Å². The van der Waals surface area contributed by atoms with Crippen molar-refractivity contribution in [3.05, 3.63) is 18.7 Å². The third kappa shape index (κ3) is 3.75. The summed E-state index contributed by atoms with van der Waals surface area (Å²) in [5.74, 6) is 0.347. The summed E-state index contributed by atoms with van der Waals surface area (Å²) in [5.41, 5.74) is 0. The third-order valence-corrected chi connectivity index (χ3v) is 4.25. The molecule has 0 bridgehead atoms. The zero-order chi connectivity index (χ0) is 13.8. The van der Waals surface area contributed by atoms with E-state index in [1.54, 1.807) is 0 Å². The predicted octanol–water partition coefficient (Wildman–Crippen LogP) is -0.941. The van der Waals surface area contributed by atoms with Gasteiger partial charge in [-0.05, 0) is 19.3 Å². The number of aryl methyl sites for hydroxylation is 1. The maximum atomic E-state index is 11.9. The molecule has 1 amide bonds. The molecular weight excluding hydrogens is 274 g/mol. The van der Waals surface area contributed by atoms with Crippen molar-refractivity contribution in [2.24, 2.45) is 7.05 Å². The van der Waals surface area contributed by atoms with Gasteiger partial charge in [-0.1, -0.05) is 13.8 Å². The highest BCUT2D eigenvalue weighted by Crippen LogP contribution is 2.25. The lowest BCUT2D eigenvalue weighted by Gasteiger charge is -2.29. The minimum absolute atomic E-state index is 0. The normalized spacial score (nSPS) is 17.9. The highest BCUT2D eigenvalue weighted by Gasteiger charge is 2.29. The van der Waals surface area contributed by atoms with Gasteiger partial charge in [-0.3, -0.25) is 4.79 Å². The van der Waals surface area contributed by atoms with E-state index in [9.17, 15) is 4.79 Å². The van der Waals surface area contributed by atoms with Crippen LogP contribution >= 0.6 is 0 Å². The summed E-state index contributed by atoms with van der Waals surface area (Å²) in [6.07, 6.45) is 11.3. The van der Waals surface area contributed by atoms with Gasteiger partial charge in [0.15, 0.2) is 0 Å². The average Bonchev–Trinajstić information content (AvgIpc) is 3.00. The Kier molecular flexibility index (Phi) is 6.53. The summed E-state index contributed by atoms with van der Waals surface area (Å²) in [6.45, 7) is 5.37. The van der Waals surface area contributed by atoms with E-state index in [1.807, 2.05) is 7.05 Å². The Labute approximate surface area is 128 Å². The predicted molar refractivity (Wildman–Crippen MR) is 74.6 cm³/mol. The molecule has 2 heterocycles. The van der Waals surface area contributed by atoms with Gasteiger partial charge in [0.1, 0.15) is 18.4 Å². The Morgan fingerprint density at radius 1 is 1.30 bits per heavy atom. The maximum absolute atomic E-state index is 11.9. The average molecular weight is 300 g/mol. The highest BCUT2D eigenvalue weighted by atomic mass is 35.5. The Bertz CT molecular complexity index is 433. The van der Waals surface area contributed by atoms with Crippen LogP contribution in [0.5, 0.6) is 0 Å². The number of carbonyl (C=O) groups excluding carboxylic acids is 1. The molecule has 1 saturated heterocycles. The van der Waals surface area contributed by atoms with E-state index in [-0.39, 0.29) is 12.4 Å². The van der Waals surface area contributed by atoms with Gasteiger partial charge in [0.05, 0.1) is 7.05 Å². The van der Waals surface area contributed by atoms with E-state index in [0.29, 0.717) is 18.0 Å². The Balaban J connectivity index is 0.00000200. The lowest BCUT2D eigenvalue weighted by Crippen LogP contribution is -3.00. The molecule has 0 spiro atoms. The first kappa shape index (κ1) is 17.0. The first-order valence-electron chi connectivity index (χ1n) is 7.47. The first-order chi connectivity index (χ1) is 9.15. The van der Waals surface area contributed by atoms with E-state index >= 15 is 0 Å². The van der Waals surface area contributed by atoms with Crippen molar-refractivity contribution in [1.82, 2.24) is 9.47 Å². The van der Waals surface area contributed by atoms with Crippen LogP contribution in [0.25, 0.3) is 0 Å². The Morgan fingerprint density at radius 3 is 2.45 bits per heavy atom. The summed E-state index contributed by atoms with van der Waals surface area (Å²) in [4.78, 5) is 14.0. The van der Waals surface area contributed by atoms with Crippen molar-refractivity contribution in [3.63, 3.8) is 0 Å². The molecule has 0 N–H and O–H groups in total. The van der Waals surface area contributed by atoms with Crippen molar-refractivity contribution in [3.8, 4) is 0 Å². The summed E-state index contributed by atoms with van der Waals surface area (Å²) < 4.78 is 4.35. The van der Waals surface area contributed by atoms with Gasteiger partial charge in [-0.2, -0.15) is 0 Å². The fraction of sp³-hybridized carbons (Fsp3) is 0.733. The molecule has 0 aliphatic carbocycles. The summed E-state index contributed by atoms with van der Waals surface area (Å²) >= 11 is 0. The van der Waals surface area contributed by atoms with Gasteiger partial charge < -0.3 is 17.3 Å². The highest BCUT2D eigenvalue weighted by molar-refractivity contribution is 5.78. The maximum Gasteiger partial charge on any atom is 0.243 e. The summed E-state index contributed by atoms with van der Waals surface area (Å²) in [5, 5.41) is 0. The molecule has 20 heavy (non-hydrogen) atoms. The molecule has 1 aromatic heterocycles. The van der Waals surface area contributed by atoms with E-state index in [2.05, 4.69) is 46.6 Å². The summed E-state index contributed by atoms with van der Waals surface area (Å²) in [7, 11) is 2.05. The van der Waals surface area contributed by atoms with Crippen LogP contribution in [0.3, 0.4) is 0 Å². The summed E-state index contributed by atoms with van der Waals surface area (Å²) in [6, 6.07) is 0.882. The van der Waals surface area contributed by atoms with Gasteiger partial charge in [0.2, 0.25) is 12.2 Å². The number of likely N-dealkylation sites (tertiary alicyclic amines) is 1. The van der Waals surface area contributed by atoms with Crippen LogP contribution in [0.1, 0.15) is 52.0 Å². The number of halogens is 1. The fourth-order valence-corrected chi connectivity index (χ4v) is 3.07. The molecule has 2 atom stereocenters. The van der Waals surface area contributed by atoms with Gasteiger partial charge in [-0.15, -0.1) is 0 Å². The second kappa shape index (κ2) is 7.67. The number of nitrogens with zero attached hydrogens (tertiary/aromatic N) is 3. The van der Waals surface area contributed by atoms with E-state index in [1.165, 1.54) is 0 Å². The number of imidazole rings is 1. The lowest BCUT2D eigenvalue weighted by atomic mass is 10.0. The van der Waals surface area contributed by atoms with Crippen LogP contribution < -0.4 is 17.0 Å². The van der Waals surface area contributed by atoms with Crippen LogP contribution in [0, 0.1) is 0 Å². The largest absolute Gasteiger partial charge is 1.00 e. The standard InChI is InChI=1S/C15H26N3O.ClH/c1-4-13(17-10-9-16(3)12-17)11-14(5-2)18-8-6-7-15(18)19;/h9-10,12-14H,4-8,11H2,1-3H3;1H/q+1;/p-1. The second-order valence-corrected chi connectivity index (χ2v) is 5.58. The number of aromatic nitrogens is 2. The molecule has 4 nitrogen and oxygen atoms in total. The van der Waals surface area contributed by atoms with Crippen molar-refractivity contribution >= 4 is 5.91 Å². The molecule has 114 valence electrons. The van der Waals surface area contributed by atoms with Gasteiger partial charge in [0.25, 0.3) is 0 Å². The Hall–Kier alpha value is -1.03. The molecule has 2 rings (SSSR count). The SMILES string of the molecule is CCC(CC(CC)n1cc[n+](C)c1)N1CCCC1=O.[Cl-]. The van der Waals surface area contributed by atoms with Crippen LogP contribution in [-0.2, 0) is 11.8 Å². The third-order valence-electron chi connectivity index (χ3n) is 4.25. The monoisotopic (exact) mass is 299 g/mol. The van der Waals surface area contributed by atoms with Crippen molar-refractivity contribution in [1.29, 1.82) is 0 Å². The number of rotatable bonds is 6. The number of carbonyl (C=O) groups is 1. The molecular formula is C15H26ClN3O. The minimum Gasteiger partial charge on any atom is -1.00 e. The quantitative estimate of drug-likeness (QED) is 0.624. The molecule has 0 radical (unpaired) electrons. The van der Waals surface area contributed by atoms with Crippen LogP contribution in [-0.4, -0.2) is 28.0 Å². The Morgan fingerprint density at radius 2 is 2.00 bits per heavy atom. The van der Waals surface area contributed by atoms with Crippen LogP contribution in [0.2, 0.25) is 0 Å². The zero-order valence-corrected chi connectivity index (χ0v) is 13.5. The van der Waals surface area contributed by atoms with Gasteiger partial charge in [0, 0.05) is 25.4 Å². The topological polar surface area (TPSA) is 29.1 Å². The molecule has 0 saturated carbocycles. The first-order valence-corrected chi connectivity index (χ1v) is 7.47. The van der Waals surface area contributed by atoms with Crippen molar-refractivity contribution in [2.45, 2.75) is 58.0 Å². The van der Waals surface area contributed by atoms with Gasteiger partial charge in [-0.25, -0.2) is 9.13 Å². The molecule has 1 fully saturated rings. The van der Waals surface area contributed by atoms with E-state index in [4.69, 9.17) is 0 Å². The molecule has 0 aromatic carbocycles. The minimum atomic E-state index is 0. The second-order valence-electron chi connectivity index (χ2n) is 5.58. The fourth-order valence-electron chi connectivity index (χ4n) is 3.07. The molecule has 5 heteroatoms. The smallest absolute Gasteiger partial charge is 0.243 e. The molecule has 2 unspecified atom stereocenters. The number of amides is 1. The van der Waals surface area contributed by atoms with E-state index in [0.717, 1.165) is 38.6 Å². The van der Waals surface area contributed by atoms with E-state index < -0.39 is 0 Å². The number of hydrogen-bond donors (Lipinski definition) is 0. The molecule has 1 aliphatic rings. The number of hydrogen-bond acceptors (Lipinski definition) is 1. The van der Waals surface area contributed by atoms with Gasteiger partial charge >= 0.3 is 0 Å². The van der Waals surface area contributed by atoms with Crippen molar-refractivity contribution in [2.75, 3.05) is 6.54 Å². The zero-order valence-electron chi connectivity index (χ0n) is 12.8. The lowest BCUT2D eigenvalue weighted by molar-refractivity contribution is -0.671. The molecule has 1 aromatic rings. The molecule has 1 aliphatic heterocycles. The van der Waals surface area contributed by atoms with Crippen LogP contribution in [0.4, 0.5) is 0 Å². The van der Waals surface area contributed by atoms with Crippen molar-refractivity contribution < 1.29 is 21.8 Å².